The summed E-state index contributed by atoms with van der Waals surface area (Å²) in [5.74, 6) is -1.07. The highest BCUT2D eigenvalue weighted by molar-refractivity contribution is 5.98. The first-order chi connectivity index (χ1) is 9.31. The Morgan fingerprint density at radius 1 is 1.30 bits per heavy atom. The van der Waals surface area contributed by atoms with E-state index in [4.69, 9.17) is 9.84 Å². The highest BCUT2D eigenvalue weighted by atomic mass is 16.5. The number of piperidine rings is 1. The van der Waals surface area contributed by atoms with Gasteiger partial charge in [-0.05, 0) is 31.1 Å². The molecule has 0 saturated carbocycles. The molecule has 0 aliphatic carbocycles. The fraction of sp³-hybridized carbons (Fsp3) is 0.867. The summed E-state index contributed by atoms with van der Waals surface area (Å²) in [5.41, 5.74) is -0.461. The summed E-state index contributed by atoms with van der Waals surface area (Å²) in [4.78, 5) is 26.4. The van der Waals surface area contributed by atoms with Crippen LogP contribution in [0.15, 0.2) is 0 Å². The Morgan fingerprint density at radius 2 is 1.85 bits per heavy atom. The minimum atomic E-state index is -0.756. The second-order valence-electron chi connectivity index (χ2n) is 6.50. The van der Waals surface area contributed by atoms with Gasteiger partial charge >= 0.3 is 5.97 Å². The van der Waals surface area contributed by atoms with Gasteiger partial charge in [0.25, 0.3) is 0 Å². The van der Waals surface area contributed by atoms with E-state index in [1.807, 2.05) is 20.8 Å². The van der Waals surface area contributed by atoms with Gasteiger partial charge in [0.15, 0.2) is 0 Å². The first-order valence-electron chi connectivity index (χ1n) is 7.37. The molecule has 1 amide bonds. The predicted octanol–water partition coefficient (Wildman–Crippen LogP) is 1.44. The van der Waals surface area contributed by atoms with Crippen molar-refractivity contribution in [1.29, 1.82) is 0 Å². The highest BCUT2D eigenvalue weighted by Gasteiger charge is 2.41. The van der Waals surface area contributed by atoms with Crippen molar-refractivity contribution in [3.05, 3.63) is 0 Å². The number of carbonyl (C=O) groups is 2. The summed E-state index contributed by atoms with van der Waals surface area (Å²) < 4.78 is 5.06. The van der Waals surface area contributed by atoms with Gasteiger partial charge in [-0.25, -0.2) is 0 Å². The van der Waals surface area contributed by atoms with Crippen LogP contribution in [0.3, 0.4) is 0 Å². The lowest BCUT2D eigenvalue weighted by Crippen LogP contribution is -2.48. The summed E-state index contributed by atoms with van der Waals surface area (Å²) in [5, 5.41) is 9.13. The van der Waals surface area contributed by atoms with E-state index in [1.54, 1.807) is 11.8 Å². The molecule has 0 spiro atoms. The molecule has 1 unspecified atom stereocenters. The fourth-order valence-electron chi connectivity index (χ4n) is 2.57. The second-order valence-corrected chi connectivity index (χ2v) is 6.50. The fourth-order valence-corrected chi connectivity index (χ4v) is 2.57. The summed E-state index contributed by atoms with van der Waals surface area (Å²) in [6, 6.07) is 0. The van der Waals surface area contributed by atoms with E-state index in [9.17, 15) is 9.59 Å². The molecule has 1 N–H and O–H groups in total. The normalized spacial score (nSPS) is 18.8. The van der Waals surface area contributed by atoms with Gasteiger partial charge in [0, 0.05) is 19.7 Å². The molecule has 116 valence electrons. The monoisotopic (exact) mass is 285 g/mol. The van der Waals surface area contributed by atoms with Gasteiger partial charge in [-0.3, -0.25) is 9.59 Å². The number of hydrogen-bond acceptors (Lipinski definition) is 4. The molecule has 0 radical (unpaired) electrons. The van der Waals surface area contributed by atoms with Crippen LogP contribution in [0.1, 0.15) is 40.5 Å². The largest absolute Gasteiger partial charge is 0.465 e. The zero-order valence-corrected chi connectivity index (χ0v) is 13.0. The molecule has 1 aliphatic heterocycles. The lowest BCUT2D eigenvalue weighted by molar-refractivity contribution is -0.161. The second kappa shape index (κ2) is 7.07. The van der Waals surface area contributed by atoms with Crippen molar-refractivity contribution in [2.24, 2.45) is 17.3 Å². The van der Waals surface area contributed by atoms with Crippen LogP contribution in [0.4, 0.5) is 0 Å². The Balaban J connectivity index is 2.77. The summed E-state index contributed by atoms with van der Waals surface area (Å²) in [6.07, 6.45) is 1.59. The Bertz CT molecular complexity index is 340. The van der Waals surface area contributed by atoms with Crippen LogP contribution in [-0.2, 0) is 14.3 Å². The van der Waals surface area contributed by atoms with Crippen LogP contribution in [0.5, 0.6) is 0 Å². The van der Waals surface area contributed by atoms with Crippen LogP contribution in [0, 0.1) is 17.3 Å². The lowest BCUT2D eigenvalue weighted by atomic mass is 9.79. The molecule has 20 heavy (non-hydrogen) atoms. The van der Waals surface area contributed by atoms with Gasteiger partial charge < -0.3 is 14.7 Å². The molecular weight excluding hydrogens is 258 g/mol. The smallest absolute Gasteiger partial charge is 0.319 e. The standard InChI is InChI=1S/C15H27NO4/c1-5-20-14(19)12(15(2,3)4)13(18)16-8-6-11(10-17)7-9-16/h11-12,17H,5-10H2,1-4H3. The number of carbonyl (C=O) groups excluding carboxylic acids is 2. The molecule has 5 heteroatoms. The predicted molar refractivity (Wildman–Crippen MR) is 76.0 cm³/mol. The summed E-state index contributed by atoms with van der Waals surface area (Å²) >= 11 is 0. The lowest BCUT2D eigenvalue weighted by Gasteiger charge is -2.36. The van der Waals surface area contributed by atoms with Gasteiger partial charge in [-0.2, -0.15) is 0 Å². The Hall–Kier alpha value is -1.10. The maximum atomic E-state index is 12.6. The SMILES string of the molecule is CCOC(=O)C(C(=O)N1CCC(CO)CC1)C(C)(C)C. The summed E-state index contributed by atoms with van der Waals surface area (Å²) in [6.45, 7) is 9.06. The van der Waals surface area contributed by atoms with Crippen LogP contribution in [0.2, 0.25) is 0 Å². The Kier molecular flexibility index (Phi) is 5.99. The van der Waals surface area contributed by atoms with Gasteiger partial charge in [0.05, 0.1) is 6.61 Å². The van der Waals surface area contributed by atoms with E-state index in [0.29, 0.717) is 13.1 Å². The van der Waals surface area contributed by atoms with Gasteiger partial charge in [-0.15, -0.1) is 0 Å². The van der Waals surface area contributed by atoms with Crippen LogP contribution in [0.25, 0.3) is 0 Å². The number of ether oxygens (including phenoxy) is 1. The minimum absolute atomic E-state index is 0.146. The summed E-state index contributed by atoms with van der Waals surface area (Å²) in [7, 11) is 0. The average Bonchev–Trinajstić information content (AvgIpc) is 2.37. The number of amides is 1. The van der Waals surface area contributed by atoms with E-state index >= 15 is 0 Å². The van der Waals surface area contributed by atoms with E-state index < -0.39 is 17.3 Å². The first-order valence-corrected chi connectivity index (χ1v) is 7.37. The number of hydrogen-bond donors (Lipinski definition) is 1. The maximum absolute atomic E-state index is 12.6. The van der Waals surface area contributed by atoms with Crippen molar-refractivity contribution in [3.63, 3.8) is 0 Å². The Labute approximate surface area is 121 Å². The van der Waals surface area contributed by atoms with Gasteiger partial charge in [0.2, 0.25) is 5.91 Å². The number of aliphatic hydroxyl groups is 1. The number of aliphatic hydroxyl groups excluding tert-OH is 1. The third-order valence-corrected chi connectivity index (χ3v) is 3.82. The van der Waals surface area contributed by atoms with Crippen molar-refractivity contribution in [2.45, 2.75) is 40.5 Å². The Morgan fingerprint density at radius 3 is 2.25 bits per heavy atom. The molecule has 0 aromatic carbocycles. The van der Waals surface area contributed by atoms with E-state index in [-0.39, 0.29) is 25.0 Å². The quantitative estimate of drug-likeness (QED) is 0.627. The van der Waals surface area contributed by atoms with Crippen LogP contribution >= 0.6 is 0 Å². The third-order valence-electron chi connectivity index (χ3n) is 3.82. The first kappa shape index (κ1) is 17.0. The van der Waals surface area contributed by atoms with Crippen molar-refractivity contribution < 1.29 is 19.4 Å². The molecule has 1 heterocycles. The number of rotatable bonds is 4. The molecule has 0 aromatic heterocycles. The van der Waals surface area contributed by atoms with E-state index in [1.165, 1.54) is 0 Å². The zero-order valence-electron chi connectivity index (χ0n) is 13.0. The van der Waals surface area contributed by atoms with Crippen molar-refractivity contribution >= 4 is 11.9 Å². The van der Waals surface area contributed by atoms with Gasteiger partial charge in [-0.1, -0.05) is 20.8 Å². The van der Waals surface area contributed by atoms with Crippen molar-refractivity contribution in [1.82, 2.24) is 4.90 Å². The van der Waals surface area contributed by atoms with Crippen LogP contribution < -0.4 is 0 Å². The number of nitrogens with zero attached hydrogens (tertiary/aromatic N) is 1. The molecular formula is C15H27NO4. The minimum Gasteiger partial charge on any atom is -0.465 e. The third kappa shape index (κ3) is 4.20. The van der Waals surface area contributed by atoms with E-state index in [2.05, 4.69) is 0 Å². The molecule has 1 atom stereocenters. The molecule has 1 saturated heterocycles. The zero-order chi connectivity index (χ0) is 15.3. The topological polar surface area (TPSA) is 66.8 Å². The number of esters is 1. The van der Waals surface area contributed by atoms with Crippen molar-refractivity contribution in [2.75, 3.05) is 26.3 Å². The van der Waals surface area contributed by atoms with Crippen LogP contribution in [-0.4, -0.2) is 48.2 Å². The molecule has 1 aliphatic rings. The van der Waals surface area contributed by atoms with Crippen molar-refractivity contribution in [3.8, 4) is 0 Å². The number of likely N-dealkylation sites (tertiary alicyclic amines) is 1. The molecule has 0 aromatic rings. The molecule has 0 bridgehead atoms. The molecule has 1 rings (SSSR count). The van der Waals surface area contributed by atoms with E-state index in [0.717, 1.165) is 12.8 Å². The van der Waals surface area contributed by atoms with Gasteiger partial charge in [0.1, 0.15) is 5.92 Å². The molecule has 1 fully saturated rings. The maximum Gasteiger partial charge on any atom is 0.319 e. The molecule has 5 nitrogen and oxygen atoms in total. The highest BCUT2D eigenvalue weighted by Crippen LogP contribution is 2.30. The average molecular weight is 285 g/mol.